The standard InChI is InChI=1S/C22H32N4O/c1-4-5-9-18-15-21(27)24-22(23-18)20-10-7-6-8-17(20)16-26-13-11-19(12-14-26)25(2)3/h6-8,10,15,19H,4-5,9,11-14,16H2,1-3H3,(H,23,24,27). The van der Waals surface area contributed by atoms with Gasteiger partial charge in [0.15, 0.2) is 0 Å². The number of nitrogens with zero attached hydrogens (tertiary/aromatic N) is 3. The Kier molecular flexibility index (Phi) is 6.80. The van der Waals surface area contributed by atoms with E-state index in [1.54, 1.807) is 6.07 Å². The van der Waals surface area contributed by atoms with Crippen LogP contribution in [-0.4, -0.2) is 53.0 Å². The van der Waals surface area contributed by atoms with Crippen LogP contribution < -0.4 is 5.56 Å². The molecular formula is C22H32N4O. The lowest BCUT2D eigenvalue weighted by atomic mass is 10.0. The molecule has 1 aliphatic rings. The van der Waals surface area contributed by atoms with E-state index in [-0.39, 0.29) is 5.56 Å². The molecule has 0 bridgehead atoms. The summed E-state index contributed by atoms with van der Waals surface area (Å²) in [4.78, 5) is 24.7. The number of hydrogen-bond acceptors (Lipinski definition) is 4. The van der Waals surface area contributed by atoms with Gasteiger partial charge >= 0.3 is 0 Å². The molecule has 1 N–H and O–H groups in total. The highest BCUT2D eigenvalue weighted by Gasteiger charge is 2.21. The average Bonchev–Trinajstić information content (AvgIpc) is 2.67. The average molecular weight is 369 g/mol. The largest absolute Gasteiger partial charge is 0.307 e. The quantitative estimate of drug-likeness (QED) is 0.815. The van der Waals surface area contributed by atoms with Crippen LogP contribution in [0.4, 0.5) is 0 Å². The van der Waals surface area contributed by atoms with Gasteiger partial charge in [-0.3, -0.25) is 9.69 Å². The molecule has 0 saturated carbocycles. The third-order valence-corrected chi connectivity index (χ3v) is 5.54. The molecular weight excluding hydrogens is 336 g/mol. The summed E-state index contributed by atoms with van der Waals surface area (Å²) in [5.74, 6) is 0.701. The molecule has 0 spiro atoms. The Morgan fingerprint density at radius 3 is 2.67 bits per heavy atom. The van der Waals surface area contributed by atoms with E-state index in [4.69, 9.17) is 4.98 Å². The maximum Gasteiger partial charge on any atom is 0.251 e. The smallest absolute Gasteiger partial charge is 0.251 e. The molecule has 0 aliphatic carbocycles. The number of aromatic amines is 1. The molecule has 0 radical (unpaired) electrons. The van der Waals surface area contributed by atoms with Crippen molar-refractivity contribution in [1.29, 1.82) is 0 Å². The fraction of sp³-hybridized carbons (Fsp3) is 0.545. The van der Waals surface area contributed by atoms with Crippen molar-refractivity contribution >= 4 is 0 Å². The van der Waals surface area contributed by atoms with Crippen molar-refractivity contribution in [2.45, 2.75) is 51.6 Å². The molecule has 0 amide bonds. The van der Waals surface area contributed by atoms with Gasteiger partial charge in [-0.05, 0) is 58.4 Å². The van der Waals surface area contributed by atoms with Crippen LogP contribution in [0.25, 0.3) is 11.4 Å². The zero-order chi connectivity index (χ0) is 19.2. The number of aryl methyl sites for hydroxylation is 1. The minimum Gasteiger partial charge on any atom is -0.307 e. The van der Waals surface area contributed by atoms with Crippen LogP contribution >= 0.6 is 0 Å². The molecule has 5 heteroatoms. The van der Waals surface area contributed by atoms with Crippen molar-refractivity contribution in [3.63, 3.8) is 0 Å². The molecule has 5 nitrogen and oxygen atoms in total. The van der Waals surface area contributed by atoms with Gasteiger partial charge in [0.1, 0.15) is 5.82 Å². The van der Waals surface area contributed by atoms with Crippen LogP contribution in [0, 0.1) is 0 Å². The first kappa shape index (κ1) is 19.8. The van der Waals surface area contributed by atoms with E-state index in [0.717, 1.165) is 50.2 Å². The summed E-state index contributed by atoms with van der Waals surface area (Å²) in [6, 6.07) is 10.6. The van der Waals surface area contributed by atoms with E-state index in [9.17, 15) is 4.79 Å². The first-order valence-electron chi connectivity index (χ1n) is 10.1. The van der Waals surface area contributed by atoms with Gasteiger partial charge in [-0.15, -0.1) is 0 Å². The number of hydrogen-bond donors (Lipinski definition) is 1. The van der Waals surface area contributed by atoms with Crippen LogP contribution in [0.5, 0.6) is 0 Å². The highest BCUT2D eigenvalue weighted by molar-refractivity contribution is 5.60. The fourth-order valence-corrected chi connectivity index (χ4v) is 3.85. The molecule has 0 unspecified atom stereocenters. The predicted molar refractivity (Wildman–Crippen MR) is 111 cm³/mol. The van der Waals surface area contributed by atoms with Gasteiger partial charge < -0.3 is 9.88 Å². The highest BCUT2D eigenvalue weighted by atomic mass is 16.1. The molecule has 1 aromatic carbocycles. The second-order valence-electron chi connectivity index (χ2n) is 7.82. The van der Waals surface area contributed by atoms with Crippen molar-refractivity contribution in [3.05, 3.63) is 51.9 Å². The summed E-state index contributed by atoms with van der Waals surface area (Å²) < 4.78 is 0. The predicted octanol–water partition coefficient (Wildman–Crippen LogP) is 3.31. The van der Waals surface area contributed by atoms with Gasteiger partial charge in [0.05, 0.1) is 0 Å². The van der Waals surface area contributed by atoms with Crippen molar-refractivity contribution in [3.8, 4) is 11.4 Å². The maximum absolute atomic E-state index is 12.1. The Morgan fingerprint density at radius 2 is 1.96 bits per heavy atom. The van der Waals surface area contributed by atoms with Crippen molar-refractivity contribution < 1.29 is 0 Å². The van der Waals surface area contributed by atoms with Crippen LogP contribution in [0.3, 0.4) is 0 Å². The van der Waals surface area contributed by atoms with Gasteiger partial charge in [0.25, 0.3) is 5.56 Å². The molecule has 27 heavy (non-hydrogen) atoms. The van der Waals surface area contributed by atoms with Crippen LogP contribution in [0.15, 0.2) is 35.1 Å². The van der Waals surface area contributed by atoms with Crippen LogP contribution in [0.2, 0.25) is 0 Å². The van der Waals surface area contributed by atoms with Crippen LogP contribution in [-0.2, 0) is 13.0 Å². The zero-order valence-corrected chi connectivity index (χ0v) is 16.9. The maximum atomic E-state index is 12.1. The number of H-pyrrole nitrogens is 1. The third-order valence-electron chi connectivity index (χ3n) is 5.54. The van der Waals surface area contributed by atoms with E-state index in [1.807, 2.05) is 6.07 Å². The summed E-state index contributed by atoms with van der Waals surface area (Å²) in [5, 5.41) is 0. The van der Waals surface area contributed by atoms with Gasteiger partial charge in [-0.1, -0.05) is 37.6 Å². The lowest BCUT2D eigenvalue weighted by molar-refractivity contribution is 0.140. The lowest BCUT2D eigenvalue weighted by Crippen LogP contribution is -2.41. The van der Waals surface area contributed by atoms with Gasteiger partial charge in [0.2, 0.25) is 0 Å². The van der Waals surface area contributed by atoms with E-state index in [1.165, 1.54) is 18.4 Å². The normalized spacial score (nSPS) is 16.1. The second kappa shape index (κ2) is 9.29. The number of nitrogens with one attached hydrogen (secondary N) is 1. The Morgan fingerprint density at radius 1 is 1.22 bits per heavy atom. The first-order valence-corrected chi connectivity index (χ1v) is 10.1. The number of aromatic nitrogens is 2. The molecule has 1 fully saturated rings. The Labute approximate surface area is 162 Å². The molecule has 2 heterocycles. The van der Waals surface area contributed by atoms with E-state index in [0.29, 0.717) is 11.9 Å². The van der Waals surface area contributed by atoms with E-state index < -0.39 is 0 Å². The SMILES string of the molecule is CCCCc1cc(=O)[nH]c(-c2ccccc2CN2CCC(N(C)C)CC2)n1. The Bertz CT molecular complexity index is 791. The number of likely N-dealkylation sites (tertiary alicyclic amines) is 1. The molecule has 1 aromatic heterocycles. The fourth-order valence-electron chi connectivity index (χ4n) is 3.85. The molecule has 0 atom stereocenters. The zero-order valence-electron chi connectivity index (χ0n) is 16.9. The first-order chi connectivity index (χ1) is 13.1. The Hall–Kier alpha value is -1.98. The monoisotopic (exact) mass is 368 g/mol. The van der Waals surface area contributed by atoms with Gasteiger partial charge in [-0.25, -0.2) is 4.98 Å². The lowest BCUT2D eigenvalue weighted by Gasteiger charge is -2.35. The van der Waals surface area contributed by atoms with Crippen molar-refractivity contribution in [2.24, 2.45) is 0 Å². The number of rotatable bonds is 7. The van der Waals surface area contributed by atoms with Crippen LogP contribution in [0.1, 0.15) is 43.9 Å². The molecule has 146 valence electrons. The summed E-state index contributed by atoms with van der Waals surface area (Å²) in [7, 11) is 4.34. The van der Waals surface area contributed by atoms with E-state index in [2.05, 4.69) is 54.0 Å². The van der Waals surface area contributed by atoms with Crippen molar-refractivity contribution in [2.75, 3.05) is 27.2 Å². The minimum absolute atomic E-state index is 0.0623. The van der Waals surface area contributed by atoms with Gasteiger partial charge in [0, 0.05) is 29.9 Å². The summed E-state index contributed by atoms with van der Waals surface area (Å²) in [6.07, 6.45) is 5.42. The molecule has 2 aromatic rings. The third kappa shape index (κ3) is 5.27. The Balaban J connectivity index is 1.79. The van der Waals surface area contributed by atoms with E-state index >= 15 is 0 Å². The number of piperidine rings is 1. The molecule has 1 saturated heterocycles. The highest BCUT2D eigenvalue weighted by Crippen LogP contribution is 2.23. The topological polar surface area (TPSA) is 52.2 Å². The summed E-state index contributed by atoms with van der Waals surface area (Å²) in [5.41, 5.74) is 3.10. The van der Waals surface area contributed by atoms with Crippen molar-refractivity contribution in [1.82, 2.24) is 19.8 Å². The van der Waals surface area contributed by atoms with Gasteiger partial charge in [-0.2, -0.15) is 0 Å². The number of unbranched alkanes of at least 4 members (excludes halogenated alkanes) is 1. The molecule has 1 aliphatic heterocycles. The minimum atomic E-state index is -0.0623. The second-order valence-corrected chi connectivity index (χ2v) is 7.82. The number of benzene rings is 1. The molecule has 3 rings (SSSR count). The summed E-state index contributed by atoms with van der Waals surface area (Å²) in [6.45, 7) is 5.28. The summed E-state index contributed by atoms with van der Waals surface area (Å²) >= 11 is 0.